The van der Waals surface area contributed by atoms with Crippen LogP contribution in [0.4, 0.5) is 4.39 Å². The Bertz CT molecular complexity index is 636. The molecule has 5 nitrogen and oxygen atoms in total. The number of rotatable bonds is 8. The molecule has 0 saturated carbocycles. The number of hydrogen-bond donors (Lipinski definition) is 0. The monoisotopic (exact) mass is 319 g/mol. The molecule has 2 rings (SSSR count). The van der Waals surface area contributed by atoms with E-state index in [2.05, 4.69) is 24.0 Å². The fourth-order valence-electron chi connectivity index (χ4n) is 2.37. The van der Waals surface area contributed by atoms with Crippen molar-refractivity contribution in [3.63, 3.8) is 0 Å². The van der Waals surface area contributed by atoms with Crippen LogP contribution in [0.25, 0.3) is 11.5 Å². The van der Waals surface area contributed by atoms with Crippen molar-refractivity contribution < 1.29 is 13.6 Å². The fourth-order valence-corrected chi connectivity index (χ4v) is 2.37. The lowest BCUT2D eigenvalue weighted by molar-refractivity contribution is -0.131. The summed E-state index contributed by atoms with van der Waals surface area (Å²) in [5, 5.41) is 7.76. The number of carbonyl (C=O) groups excluding carboxylic acids is 1. The van der Waals surface area contributed by atoms with Gasteiger partial charge in [0.15, 0.2) is 0 Å². The van der Waals surface area contributed by atoms with E-state index < -0.39 is 5.82 Å². The lowest BCUT2D eigenvalue weighted by Crippen LogP contribution is -2.32. The van der Waals surface area contributed by atoms with Crippen molar-refractivity contribution in [2.45, 2.75) is 39.5 Å². The number of carbonyl (C=O) groups is 1. The summed E-state index contributed by atoms with van der Waals surface area (Å²) in [7, 11) is 0. The smallest absolute Gasteiger partial charge is 0.250 e. The maximum atomic E-state index is 13.7. The highest BCUT2D eigenvalue weighted by molar-refractivity contribution is 5.76. The van der Waals surface area contributed by atoms with Gasteiger partial charge in [0.05, 0.1) is 5.56 Å². The molecule has 1 amide bonds. The van der Waals surface area contributed by atoms with Crippen molar-refractivity contribution in [2.75, 3.05) is 13.1 Å². The number of halogens is 1. The topological polar surface area (TPSA) is 59.2 Å². The second-order valence-electron chi connectivity index (χ2n) is 5.36. The van der Waals surface area contributed by atoms with Gasteiger partial charge in [0.2, 0.25) is 11.8 Å². The molecule has 0 bridgehead atoms. The maximum absolute atomic E-state index is 13.7. The van der Waals surface area contributed by atoms with E-state index in [9.17, 15) is 9.18 Å². The SMILES string of the molecule is CCCN(CCC)C(=O)CCc1nnc(-c2ccccc2F)o1. The molecule has 23 heavy (non-hydrogen) atoms. The molecule has 0 unspecified atom stereocenters. The highest BCUT2D eigenvalue weighted by Crippen LogP contribution is 2.21. The fraction of sp³-hybridized carbons (Fsp3) is 0.471. The van der Waals surface area contributed by atoms with E-state index in [-0.39, 0.29) is 17.4 Å². The van der Waals surface area contributed by atoms with Crippen LogP contribution in [0.15, 0.2) is 28.7 Å². The second kappa shape index (κ2) is 8.41. The molecule has 0 spiro atoms. The number of aromatic nitrogens is 2. The van der Waals surface area contributed by atoms with Crippen molar-refractivity contribution in [1.29, 1.82) is 0 Å². The van der Waals surface area contributed by atoms with Crippen molar-refractivity contribution in [3.8, 4) is 11.5 Å². The minimum Gasteiger partial charge on any atom is -0.421 e. The molecule has 1 heterocycles. The van der Waals surface area contributed by atoms with Crippen LogP contribution >= 0.6 is 0 Å². The van der Waals surface area contributed by atoms with E-state index in [0.717, 1.165) is 25.9 Å². The first-order chi connectivity index (χ1) is 11.2. The Balaban J connectivity index is 1.97. The molecule has 0 atom stereocenters. The van der Waals surface area contributed by atoms with E-state index >= 15 is 0 Å². The van der Waals surface area contributed by atoms with Gasteiger partial charge in [-0.05, 0) is 25.0 Å². The molecule has 1 aromatic carbocycles. The normalized spacial score (nSPS) is 10.7. The second-order valence-corrected chi connectivity index (χ2v) is 5.36. The summed E-state index contributed by atoms with van der Waals surface area (Å²) >= 11 is 0. The Labute approximate surface area is 135 Å². The van der Waals surface area contributed by atoms with Gasteiger partial charge in [-0.15, -0.1) is 10.2 Å². The first-order valence-corrected chi connectivity index (χ1v) is 8.00. The van der Waals surface area contributed by atoms with Crippen molar-refractivity contribution in [1.82, 2.24) is 15.1 Å². The van der Waals surface area contributed by atoms with Gasteiger partial charge in [-0.1, -0.05) is 26.0 Å². The first kappa shape index (κ1) is 17.1. The molecule has 0 fully saturated rings. The maximum Gasteiger partial charge on any atom is 0.250 e. The van der Waals surface area contributed by atoms with Gasteiger partial charge in [0.1, 0.15) is 5.82 Å². The summed E-state index contributed by atoms with van der Waals surface area (Å²) in [6.45, 7) is 5.62. The molecule has 0 aliphatic rings. The Morgan fingerprint density at radius 1 is 1.17 bits per heavy atom. The summed E-state index contributed by atoms with van der Waals surface area (Å²) in [6.07, 6.45) is 2.55. The van der Waals surface area contributed by atoms with Crippen LogP contribution in [0.1, 0.15) is 39.0 Å². The first-order valence-electron chi connectivity index (χ1n) is 8.00. The average molecular weight is 319 g/mol. The summed E-state index contributed by atoms with van der Waals surface area (Å²) in [5.74, 6) is 0.171. The lowest BCUT2D eigenvalue weighted by atomic mass is 10.2. The van der Waals surface area contributed by atoms with Gasteiger partial charge in [0, 0.05) is 25.9 Å². The van der Waals surface area contributed by atoms with Gasteiger partial charge >= 0.3 is 0 Å². The Morgan fingerprint density at radius 2 is 1.87 bits per heavy atom. The standard InChI is InChI=1S/C17H22FN3O2/c1-3-11-21(12-4-2)16(22)10-9-15-19-20-17(23-15)13-7-5-6-8-14(13)18/h5-8H,3-4,9-12H2,1-2H3. The molecular weight excluding hydrogens is 297 g/mol. The molecule has 2 aromatic rings. The van der Waals surface area contributed by atoms with Crippen LogP contribution < -0.4 is 0 Å². The summed E-state index contributed by atoms with van der Waals surface area (Å²) in [5.41, 5.74) is 0.274. The van der Waals surface area contributed by atoms with Gasteiger partial charge in [0.25, 0.3) is 5.89 Å². The van der Waals surface area contributed by atoms with Crippen molar-refractivity contribution in [3.05, 3.63) is 36.0 Å². The van der Waals surface area contributed by atoms with Gasteiger partial charge in [-0.2, -0.15) is 0 Å². The zero-order valence-electron chi connectivity index (χ0n) is 13.6. The molecule has 0 N–H and O–H groups in total. The Morgan fingerprint density at radius 3 is 2.52 bits per heavy atom. The van der Waals surface area contributed by atoms with Gasteiger partial charge < -0.3 is 9.32 Å². The number of aryl methyl sites for hydroxylation is 1. The quantitative estimate of drug-likeness (QED) is 0.747. The number of amides is 1. The highest BCUT2D eigenvalue weighted by Gasteiger charge is 2.16. The predicted molar refractivity (Wildman–Crippen MR) is 85.2 cm³/mol. The van der Waals surface area contributed by atoms with Crippen molar-refractivity contribution in [2.24, 2.45) is 0 Å². The average Bonchev–Trinajstić information content (AvgIpc) is 3.01. The third-order valence-electron chi connectivity index (χ3n) is 3.46. The van der Waals surface area contributed by atoms with E-state index in [1.807, 2.05) is 4.90 Å². The van der Waals surface area contributed by atoms with Crippen LogP contribution in [0.2, 0.25) is 0 Å². The van der Waals surface area contributed by atoms with Crippen LogP contribution in [0.5, 0.6) is 0 Å². The van der Waals surface area contributed by atoms with Crippen molar-refractivity contribution >= 4 is 5.91 Å². The number of benzene rings is 1. The highest BCUT2D eigenvalue weighted by atomic mass is 19.1. The van der Waals surface area contributed by atoms with E-state index in [1.54, 1.807) is 18.2 Å². The molecule has 0 saturated heterocycles. The van der Waals surface area contributed by atoms with Crippen LogP contribution in [-0.4, -0.2) is 34.1 Å². The third kappa shape index (κ3) is 4.61. The van der Waals surface area contributed by atoms with Gasteiger partial charge in [-0.25, -0.2) is 4.39 Å². The van der Waals surface area contributed by atoms with E-state index in [0.29, 0.717) is 18.7 Å². The summed E-state index contributed by atoms with van der Waals surface area (Å²) in [6, 6.07) is 6.24. The van der Waals surface area contributed by atoms with Crippen LogP contribution in [0.3, 0.4) is 0 Å². The minimum atomic E-state index is -0.407. The predicted octanol–water partition coefficient (Wildman–Crippen LogP) is 3.46. The van der Waals surface area contributed by atoms with Crippen LogP contribution in [-0.2, 0) is 11.2 Å². The number of nitrogens with zero attached hydrogens (tertiary/aromatic N) is 3. The number of hydrogen-bond acceptors (Lipinski definition) is 4. The Hall–Kier alpha value is -2.24. The zero-order valence-corrected chi connectivity index (χ0v) is 13.6. The lowest BCUT2D eigenvalue weighted by Gasteiger charge is -2.21. The zero-order chi connectivity index (χ0) is 16.7. The molecular formula is C17H22FN3O2. The molecule has 1 aromatic heterocycles. The molecule has 0 aliphatic carbocycles. The Kier molecular flexibility index (Phi) is 6.26. The molecule has 6 heteroatoms. The summed E-state index contributed by atoms with van der Waals surface area (Å²) < 4.78 is 19.2. The van der Waals surface area contributed by atoms with E-state index in [1.165, 1.54) is 6.07 Å². The minimum absolute atomic E-state index is 0.0827. The third-order valence-corrected chi connectivity index (χ3v) is 3.46. The van der Waals surface area contributed by atoms with Crippen LogP contribution in [0, 0.1) is 5.82 Å². The molecule has 0 radical (unpaired) electrons. The van der Waals surface area contributed by atoms with Gasteiger partial charge in [-0.3, -0.25) is 4.79 Å². The summed E-state index contributed by atoms with van der Waals surface area (Å²) in [4.78, 5) is 14.1. The van der Waals surface area contributed by atoms with E-state index in [4.69, 9.17) is 4.42 Å². The largest absolute Gasteiger partial charge is 0.421 e. The molecule has 124 valence electrons. The molecule has 0 aliphatic heterocycles.